The second-order valence-corrected chi connectivity index (χ2v) is 9.59. The molecular weight excluding hydrogens is 434 g/mol. The molecule has 2 heterocycles. The van der Waals surface area contributed by atoms with Crippen molar-refractivity contribution in [3.05, 3.63) is 107 Å². The molecular formula is C30H33N3O2. The standard InChI is InChI=1S/C30H33N3O2/c34-29(31-17-9-19-32-18-8-7-14-28(32)24-12-5-2-6-13-24)25-15-16-26-22-33(30(35)27(26)20-25)21-23-10-3-1-4-11-23/h1-6,10-13,15-16,20,28H,7-9,14,17-19,21-22H2,(H,31,34). The number of likely N-dealkylation sites (tertiary alicyclic amines) is 1. The number of carbonyl (C=O) groups is 2. The number of benzene rings is 3. The second kappa shape index (κ2) is 10.9. The Bertz CT molecular complexity index is 1160. The Morgan fingerprint density at radius 2 is 1.71 bits per heavy atom. The highest BCUT2D eigenvalue weighted by molar-refractivity contribution is 6.02. The van der Waals surface area contributed by atoms with Crippen LogP contribution in [0, 0.1) is 0 Å². The van der Waals surface area contributed by atoms with Crippen molar-refractivity contribution in [3.63, 3.8) is 0 Å². The molecule has 5 nitrogen and oxygen atoms in total. The summed E-state index contributed by atoms with van der Waals surface area (Å²) in [6.07, 6.45) is 4.61. The third-order valence-corrected chi connectivity index (χ3v) is 7.17. The molecule has 0 aliphatic carbocycles. The van der Waals surface area contributed by atoms with Crippen molar-refractivity contribution in [2.24, 2.45) is 0 Å². The second-order valence-electron chi connectivity index (χ2n) is 9.59. The normalized spacial score (nSPS) is 17.9. The van der Waals surface area contributed by atoms with Gasteiger partial charge >= 0.3 is 0 Å². The molecule has 1 fully saturated rings. The zero-order valence-electron chi connectivity index (χ0n) is 20.2. The Labute approximate surface area is 207 Å². The zero-order chi connectivity index (χ0) is 24.0. The van der Waals surface area contributed by atoms with Crippen LogP contribution in [-0.4, -0.2) is 41.2 Å². The topological polar surface area (TPSA) is 52.7 Å². The minimum absolute atomic E-state index is 0.00412. The first-order valence-corrected chi connectivity index (χ1v) is 12.7. The highest BCUT2D eigenvalue weighted by atomic mass is 16.2. The molecule has 35 heavy (non-hydrogen) atoms. The van der Waals surface area contributed by atoms with Gasteiger partial charge in [0.15, 0.2) is 0 Å². The largest absolute Gasteiger partial charge is 0.352 e. The molecule has 3 aromatic carbocycles. The SMILES string of the molecule is O=C(NCCCN1CCCCC1c1ccccc1)c1ccc2c(c1)C(=O)N(Cc1ccccc1)C2. The predicted molar refractivity (Wildman–Crippen MR) is 138 cm³/mol. The van der Waals surface area contributed by atoms with Gasteiger partial charge in [0, 0.05) is 43.3 Å². The first-order chi connectivity index (χ1) is 17.2. The fourth-order valence-corrected chi connectivity index (χ4v) is 5.33. The van der Waals surface area contributed by atoms with E-state index in [0.717, 1.165) is 30.6 Å². The molecule has 5 rings (SSSR count). The maximum atomic E-state index is 12.9. The third-order valence-electron chi connectivity index (χ3n) is 7.17. The van der Waals surface area contributed by atoms with Crippen LogP contribution in [0.25, 0.3) is 0 Å². The average molecular weight is 468 g/mol. The monoisotopic (exact) mass is 467 g/mol. The molecule has 0 aromatic heterocycles. The minimum Gasteiger partial charge on any atom is -0.352 e. The van der Waals surface area contributed by atoms with Gasteiger partial charge in [0.05, 0.1) is 0 Å². The van der Waals surface area contributed by atoms with Crippen LogP contribution in [-0.2, 0) is 13.1 Å². The molecule has 0 saturated carbocycles. The van der Waals surface area contributed by atoms with Gasteiger partial charge in [-0.3, -0.25) is 14.5 Å². The average Bonchev–Trinajstić information content (AvgIpc) is 3.22. The summed E-state index contributed by atoms with van der Waals surface area (Å²) in [6.45, 7) is 3.87. The van der Waals surface area contributed by atoms with E-state index >= 15 is 0 Å². The van der Waals surface area contributed by atoms with E-state index in [1.54, 1.807) is 6.07 Å². The molecule has 1 saturated heterocycles. The fraction of sp³-hybridized carbons (Fsp3) is 0.333. The van der Waals surface area contributed by atoms with Gasteiger partial charge in [-0.25, -0.2) is 0 Å². The van der Waals surface area contributed by atoms with Crippen LogP contribution in [0.5, 0.6) is 0 Å². The summed E-state index contributed by atoms with van der Waals surface area (Å²) in [7, 11) is 0. The van der Waals surface area contributed by atoms with E-state index < -0.39 is 0 Å². The van der Waals surface area contributed by atoms with E-state index in [9.17, 15) is 9.59 Å². The molecule has 0 bridgehead atoms. The van der Waals surface area contributed by atoms with Crippen LogP contribution in [0.15, 0.2) is 78.9 Å². The van der Waals surface area contributed by atoms with E-state index in [2.05, 4.69) is 40.5 Å². The molecule has 5 heteroatoms. The number of carbonyl (C=O) groups excluding carboxylic acids is 2. The van der Waals surface area contributed by atoms with Crippen LogP contribution >= 0.6 is 0 Å². The van der Waals surface area contributed by atoms with Gasteiger partial charge in [0.2, 0.25) is 0 Å². The molecule has 1 atom stereocenters. The smallest absolute Gasteiger partial charge is 0.254 e. The van der Waals surface area contributed by atoms with E-state index in [1.165, 1.54) is 24.8 Å². The lowest BCUT2D eigenvalue weighted by Crippen LogP contribution is -2.36. The molecule has 0 radical (unpaired) electrons. The van der Waals surface area contributed by atoms with Gasteiger partial charge in [-0.05, 0) is 54.6 Å². The van der Waals surface area contributed by atoms with Crippen molar-refractivity contribution < 1.29 is 9.59 Å². The molecule has 1 unspecified atom stereocenters. The summed E-state index contributed by atoms with van der Waals surface area (Å²) in [5, 5.41) is 3.06. The first kappa shape index (κ1) is 23.3. The van der Waals surface area contributed by atoms with Crippen molar-refractivity contribution in [2.45, 2.75) is 44.8 Å². The number of hydrogen-bond acceptors (Lipinski definition) is 3. The fourth-order valence-electron chi connectivity index (χ4n) is 5.33. The Morgan fingerprint density at radius 1 is 0.943 bits per heavy atom. The Morgan fingerprint density at radius 3 is 2.51 bits per heavy atom. The quantitative estimate of drug-likeness (QED) is 0.464. The van der Waals surface area contributed by atoms with Crippen molar-refractivity contribution in [2.75, 3.05) is 19.6 Å². The Balaban J connectivity index is 1.13. The third kappa shape index (κ3) is 5.46. The van der Waals surface area contributed by atoms with E-state index in [0.29, 0.717) is 36.8 Å². The molecule has 180 valence electrons. The number of nitrogens with zero attached hydrogens (tertiary/aromatic N) is 2. The number of piperidine rings is 1. The molecule has 2 aliphatic rings. The van der Waals surface area contributed by atoms with Gasteiger partial charge in [-0.15, -0.1) is 0 Å². The van der Waals surface area contributed by atoms with Crippen molar-refractivity contribution in [1.29, 1.82) is 0 Å². The maximum absolute atomic E-state index is 12.9. The number of nitrogens with one attached hydrogen (secondary N) is 1. The summed E-state index contributed by atoms with van der Waals surface area (Å²) in [6, 6.07) is 26.7. The lowest BCUT2D eigenvalue weighted by molar-refractivity contribution is 0.0766. The molecule has 0 spiro atoms. The lowest BCUT2D eigenvalue weighted by Gasteiger charge is -2.36. The highest BCUT2D eigenvalue weighted by Crippen LogP contribution is 2.30. The summed E-state index contributed by atoms with van der Waals surface area (Å²) < 4.78 is 0. The summed E-state index contributed by atoms with van der Waals surface area (Å²) in [5.74, 6) is -0.115. The van der Waals surface area contributed by atoms with Crippen LogP contribution < -0.4 is 5.32 Å². The number of amides is 2. The van der Waals surface area contributed by atoms with Gasteiger partial charge in [-0.1, -0.05) is 73.2 Å². The maximum Gasteiger partial charge on any atom is 0.254 e. The predicted octanol–water partition coefficient (Wildman–Crippen LogP) is 5.19. The van der Waals surface area contributed by atoms with E-state index in [-0.39, 0.29) is 11.8 Å². The van der Waals surface area contributed by atoms with Crippen molar-refractivity contribution in [1.82, 2.24) is 15.1 Å². The van der Waals surface area contributed by atoms with E-state index in [4.69, 9.17) is 0 Å². The molecule has 3 aromatic rings. The van der Waals surface area contributed by atoms with E-state index in [1.807, 2.05) is 47.4 Å². The highest BCUT2D eigenvalue weighted by Gasteiger charge is 2.28. The van der Waals surface area contributed by atoms with Crippen LogP contribution in [0.3, 0.4) is 0 Å². The lowest BCUT2D eigenvalue weighted by atomic mass is 9.95. The van der Waals surface area contributed by atoms with Crippen molar-refractivity contribution in [3.8, 4) is 0 Å². The summed E-state index contributed by atoms with van der Waals surface area (Å²) in [5.41, 5.74) is 4.68. The van der Waals surface area contributed by atoms with Crippen LogP contribution in [0.1, 0.15) is 69.1 Å². The van der Waals surface area contributed by atoms with Gasteiger partial charge in [0.25, 0.3) is 11.8 Å². The molecule has 2 aliphatic heterocycles. The first-order valence-electron chi connectivity index (χ1n) is 12.7. The minimum atomic E-state index is -0.111. The number of fused-ring (bicyclic) bond motifs is 1. The van der Waals surface area contributed by atoms with Crippen LogP contribution in [0.4, 0.5) is 0 Å². The number of hydrogen-bond donors (Lipinski definition) is 1. The van der Waals surface area contributed by atoms with Crippen molar-refractivity contribution >= 4 is 11.8 Å². The Kier molecular flexibility index (Phi) is 7.24. The zero-order valence-corrected chi connectivity index (χ0v) is 20.2. The summed E-state index contributed by atoms with van der Waals surface area (Å²) in [4.78, 5) is 30.2. The Hall–Kier alpha value is -3.44. The molecule has 2 amide bonds. The van der Waals surface area contributed by atoms with Gasteiger partial charge < -0.3 is 10.2 Å². The van der Waals surface area contributed by atoms with Gasteiger partial charge in [-0.2, -0.15) is 0 Å². The number of rotatable bonds is 8. The molecule has 1 N–H and O–H groups in total. The van der Waals surface area contributed by atoms with Crippen LogP contribution in [0.2, 0.25) is 0 Å². The van der Waals surface area contributed by atoms with Gasteiger partial charge in [0.1, 0.15) is 0 Å². The summed E-state index contributed by atoms with van der Waals surface area (Å²) >= 11 is 0.